The van der Waals surface area contributed by atoms with Gasteiger partial charge in [0.1, 0.15) is 5.82 Å². The summed E-state index contributed by atoms with van der Waals surface area (Å²) in [5, 5.41) is 16.1. The Morgan fingerprint density at radius 1 is 1.33 bits per heavy atom. The Labute approximate surface area is 121 Å². The number of H-pyrrole nitrogens is 1. The first kappa shape index (κ1) is 13.8. The first-order chi connectivity index (χ1) is 10.2. The Morgan fingerprint density at radius 3 is 2.76 bits per heavy atom. The third kappa shape index (κ3) is 2.67. The summed E-state index contributed by atoms with van der Waals surface area (Å²) in [5.74, 6) is -0.584. The minimum absolute atomic E-state index is 0.186. The Hall–Kier alpha value is -2.21. The molecule has 1 saturated heterocycles. The number of aromatic nitrogens is 2. The van der Waals surface area contributed by atoms with Crippen LogP contribution in [0.4, 0.5) is 4.39 Å². The minimum Gasteiger partial charge on any atom is -0.393 e. The van der Waals surface area contributed by atoms with Gasteiger partial charge in [-0.2, -0.15) is 5.10 Å². The van der Waals surface area contributed by atoms with E-state index in [0.29, 0.717) is 42.8 Å². The largest absolute Gasteiger partial charge is 0.393 e. The normalized spacial score (nSPS) is 16.2. The monoisotopic (exact) mass is 289 g/mol. The van der Waals surface area contributed by atoms with E-state index in [1.165, 1.54) is 12.3 Å². The van der Waals surface area contributed by atoms with Crippen molar-refractivity contribution in [3.8, 4) is 11.3 Å². The van der Waals surface area contributed by atoms with Crippen LogP contribution in [0.5, 0.6) is 0 Å². The number of nitrogens with zero attached hydrogens (tertiary/aromatic N) is 2. The molecule has 0 bridgehead atoms. The lowest BCUT2D eigenvalue weighted by atomic mass is 10.0. The van der Waals surface area contributed by atoms with Gasteiger partial charge < -0.3 is 10.0 Å². The molecule has 0 aliphatic carbocycles. The highest BCUT2D eigenvalue weighted by atomic mass is 19.1. The maximum atomic E-state index is 13.9. The summed E-state index contributed by atoms with van der Waals surface area (Å²) in [6.07, 6.45) is 2.22. The lowest BCUT2D eigenvalue weighted by molar-refractivity contribution is 0.0547. The van der Waals surface area contributed by atoms with Crippen molar-refractivity contribution >= 4 is 5.91 Å². The lowest BCUT2D eigenvalue weighted by Gasteiger charge is -2.29. The maximum absolute atomic E-state index is 13.9. The van der Waals surface area contributed by atoms with Gasteiger partial charge in [-0.3, -0.25) is 9.89 Å². The molecule has 6 heteroatoms. The summed E-state index contributed by atoms with van der Waals surface area (Å²) in [6, 6.07) is 6.27. The summed E-state index contributed by atoms with van der Waals surface area (Å²) in [7, 11) is 0. The number of halogens is 1. The Kier molecular flexibility index (Phi) is 3.70. The first-order valence-electron chi connectivity index (χ1n) is 6.92. The molecule has 0 atom stereocenters. The Balaban J connectivity index is 1.89. The van der Waals surface area contributed by atoms with E-state index in [9.17, 15) is 14.3 Å². The summed E-state index contributed by atoms with van der Waals surface area (Å²) in [4.78, 5) is 14.2. The first-order valence-corrected chi connectivity index (χ1v) is 6.92. The van der Waals surface area contributed by atoms with E-state index in [2.05, 4.69) is 10.2 Å². The van der Waals surface area contributed by atoms with Gasteiger partial charge in [-0.1, -0.05) is 12.1 Å². The summed E-state index contributed by atoms with van der Waals surface area (Å²) >= 11 is 0. The quantitative estimate of drug-likeness (QED) is 0.886. The van der Waals surface area contributed by atoms with Gasteiger partial charge >= 0.3 is 0 Å². The van der Waals surface area contributed by atoms with Gasteiger partial charge in [0.25, 0.3) is 5.91 Å². The molecule has 0 saturated carbocycles. The van der Waals surface area contributed by atoms with Crippen molar-refractivity contribution in [2.45, 2.75) is 18.9 Å². The number of likely N-dealkylation sites (tertiary alicyclic amines) is 1. The van der Waals surface area contributed by atoms with Crippen molar-refractivity contribution < 1.29 is 14.3 Å². The predicted molar refractivity (Wildman–Crippen MR) is 75.1 cm³/mol. The van der Waals surface area contributed by atoms with Crippen LogP contribution in [0.3, 0.4) is 0 Å². The number of hydrogen-bond acceptors (Lipinski definition) is 3. The number of hydrogen-bond donors (Lipinski definition) is 2. The van der Waals surface area contributed by atoms with Crippen molar-refractivity contribution in [3.63, 3.8) is 0 Å². The number of benzene rings is 1. The molecule has 1 aromatic carbocycles. The van der Waals surface area contributed by atoms with Gasteiger partial charge in [0.15, 0.2) is 0 Å². The topological polar surface area (TPSA) is 69.2 Å². The van der Waals surface area contributed by atoms with Gasteiger partial charge in [0.2, 0.25) is 0 Å². The van der Waals surface area contributed by atoms with Crippen molar-refractivity contribution in [1.29, 1.82) is 0 Å². The number of piperidine rings is 1. The van der Waals surface area contributed by atoms with Crippen LogP contribution in [0.15, 0.2) is 30.5 Å². The molecule has 2 aromatic rings. The average Bonchev–Trinajstić information content (AvgIpc) is 2.97. The van der Waals surface area contributed by atoms with Gasteiger partial charge in [-0.15, -0.1) is 0 Å². The molecule has 3 rings (SSSR count). The zero-order chi connectivity index (χ0) is 14.8. The number of rotatable bonds is 2. The van der Waals surface area contributed by atoms with Crippen LogP contribution in [0.1, 0.15) is 23.2 Å². The van der Waals surface area contributed by atoms with E-state index < -0.39 is 5.82 Å². The van der Waals surface area contributed by atoms with Crippen molar-refractivity contribution in [1.82, 2.24) is 15.1 Å². The summed E-state index contributed by atoms with van der Waals surface area (Å²) in [6.45, 7) is 1.00. The van der Waals surface area contributed by atoms with Gasteiger partial charge in [0.05, 0.1) is 23.6 Å². The third-order valence-electron chi connectivity index (χ3n) is 3.76. The molecular formula is C15H16FN3O2. The molecule has 5 nitrogen and oxygen atoms in total. The SMILES string of the molecule is O=C(c1cn[nH]c1-c1ccccc1F)N1CCC(O)CC1. The van der Waals surface area contributed by atoms with E-state index in [-0.39, 0.29) is 12.0 Å². The maximum Gasteiger partial charge on any atom is 0.257 e. The fourth-order valence-corrected chi connectivity index (χ4v) is 2.56. The molecule has 21 heavy (non-hydrogen) atoms. The number of aromatic amines is 1. The number of carbonyl (C=O) groups excluding carboxylic acids is 1. The highest BCUT2D eigenvalue weighted by Gasteiger charge is 2.26. The Bertz CT molecular complexity index is 648. The highest BCUT2D eigenvalue weighted by molar-refractivity contribution is 5.99. The van der Waals surface area contributed by atoms with E-state index in [0.717, 1.165) is 0 Å². The number of amides is 1. The molecule has 1 aromatic heterocycles. The smallest absolute Gasteiger partial charge is 0.257 e. The molecule has 1 aliphatic heterocycles. The van der Waals surface area contributed by atoms with E-state index in [1.54, 1.807) is 23.1 Å². The number of carbonyl (C=O) groups is 1. The van der Waals surface area contributed by atoms with E-state index in [4.69, 9.17) is 0 Å². The zero-order valence-corrected chi connectivity index (χ0v) is 11.4. The fourth-order valence-electron chi connectivity index (χ4n) is 2.56. The van der Waals surface area contributed by atoms with Crippen LogP contribution in [-0.4, -0.2) is 45.3 Å². The molecule has 1 aliphatic rings. The third-order valence-corrected chi connectivity index (χ3v) is 3.76. The molecule has 0 spiro atoms. The second kappa shape index (κ2) is 5.65. The minimum atomic E-state index is -0.398. The summed E-state index contributed by atoms with van der Waals surface area (Å²) in [5.41, 5.74) is 1.08. The molecule has 0 unspecified atom stereocenters. The molecule has 0 radical (unpaired) electrons. The fraction of sp³-hybridized carbons (Fsp3) is 0.333. The second-order valence-corrected chi connectivity index (χ2v) is 5.16. The molecule has 2 N–H and O–H groups in total. The van der Waals surface area contributed by atoms with Crippen LogP contribution >= 0.6 is 0 Å². The zero-order valence-electron chi connectivity index (χ0n) is 11.4. The van der Waals surface area contributed by atoms with Gasteiger partial charge in [-0.25, -0.2) is 4.39 Å². The molecule has 2 heterocycles. The standard InChI is InChI=1S/C15H16FN3O2/c16-13-4-2-1-3-11(13)14-12(9-17-18-14)15(21)19-7-5-10(20)6-8-19/h1-4,9-10,20H,5-8H2,(H,17,18). The highest BCUT2D eigenvalue weighted by Crippen LogP contribution is 2.25. The van der Waals surface area contributed by atoms with Crippen molar-refractivity contribution in [2.24, 2.45) is 0 Å². The van der Waals surface area contributed by atoms with E-state index in [1.807, 2.05) is 0 Å². The lowest BCUT2D eigenvalue weighted by Crippen LogP contribution is -2.40. The second-order valence-electron chi connectivity index (χ2n) is 5.16. The van der Waals surface area contributed by atoms with Gasteiger partial charge in [-0.05, 0) is 25.0 Å². The van der Waals surface area contributed by atoms with Crippen molar-refractivity contribution in [3.05, 3.63) is 41.8 Å². The molecule has 1 amide bonds. The number of nitrogens with one attached hydrogen (secondary N) is 1. The Morgan fingerprint density at radius 2 is 2.05 bits per heavy atom. The van der Waals surface area contributed by atoms with Gasteiger partial charge in [0, 0.05) is 18.7 Å². The van der Waals surface area contributed by atoms with Crippen LogP contribution < -0.4 is 0 Å². The number of aliphatic hydroxyl groups excluding tert-OH is 1. The number of aliphatic hydroxyl groups is 1. The van der Waals surface area contributed by atoms with Crippen LogP contribution in [0.25, 0.3) is 11.3 Å². The van der Waals surface area contributed by atoms with Crippen LogP contribution in [0, 0.1) is 5.82 Å². The molecular weight excluding hydrogens is 273 g/mol. The van der Waals surface area contributed by atoms with Crippen molar-refractivity contribution in [2.75, 3.05) is 13.1 Å². The molecule has 110 valence electrons. The average molecular weight is 289 g/mol. The summed E-state index contributed by atoms with van der Waals surface area (Å²) < 4.78 is 13.9. The predicted octanol–water partition coefficient (Wildman–Crippen LogP) is 1.81. The van der Waals surface area contributed by atoms with E-state index >= 15 is 0 Å². The van der Waals surface area contributed by atoms with Crippen LogP contribution in [-0.2, 0) is 0 Å². The van der Waals surface area contributed by atoms with Crippen LogP contribution in [0.2, 0.25) is 0 Å². The molecule has 1 fully saturated rings.